The topological polar surface area (TPSA) is 88.6 Å². The summed E-state index contributed by atoms with van der Waals surface area (Å²) in [5.41, 5.74) is 2.34. The highest BCUT2D eigenvalue weighted by Crippen LogP contribution is 2.40. The summed E-state index contributed by atoms with van der Waals surface area (Å²) in [6, 6.07) is 18.0. The van der Waals surface area contributed by atoms with E-state index in [9.17, 15) is 17.6 Å². The lowest BCUT2D eigenvalue weighted by atomic mass is 10.0. The molecule has 5 rings (SSSR count). The van der Waals surface area contributed by atoms with Crippen LogP contribution in [0.25, 0.3) is 11.1 Å². The maximum Gasteiger partial charge on any atom is 0.269 e. The molecule has 1 amide bonds. The molecule has 0 saturated heterocycles. The first-order valence-corrected chi connectivity index (χ1v) is 12.7. The number of amides is 1. The molecule has 0 fully saturated rings. The monoisotopic (exact) mass is 543 g/mol. The van der Waals surface area contributed by atoms with E-state index in [2.05, 4.69) is 9.71 Å². The zero-order valence-corrected chi connectivity index (χ0v) is 20.6. The molecule has 182 valence electrons. The lowest BCUT2D eigenvalue weighted by molar-refractivity contribution is -0.120. The number of nitrogens with zero attached hydrogens (tertiary/aromatic N) is 2. The van der Waals surface area contributed by atoms with Crippen LogP contribution in [0.2, 0.25) is 10.2 Å². The number of hydrogen-bond donors (Lipinski definition) is 1. The van der Waals surface area contributed by atoms with Gasteiger partial charge in [0.2, 0.25) is 0 Å². The van der Waals surface area contributed by atoms with Gasteiger partial charge in [-0.15, -0.1) is 0 Å². The number of nitrogens with one attached hydrogen (secondary N) is 1. The molecule has 11 heteroatoms. The number of anilines is 3. The molecule has 0 aliphatic carbocycles. The summed E-state index contributed by atoms with van der Waals surface area (Å²) >= 11 is 12.2. The molecular formula is C25H16Cl2FN3O4S. The predicted molar refractivity (Wildman–Crippen MR) is 136 cm³/mol. The molecule has 1 N–H and O–H groups in total. The molecule has 1 aliphatic rings. The number of carbonyl (C=O) groups excluding carboxylic acids is 1. The number of pyridine rings is 1. The maximum absolute atomic E-state index is 13.2. The van der Waals surface area contributed by atoms with E-state index in [0.717, 1.165) is 24.3 Å². The van der Waals surface area contributed by atoms with Gasteiger partial charge in [0, 0.05) is 22.5 Å². The highest BCUT2D eigenvalue weighted by atomic mass is 35.5. The Morgan fingerprint density at radius 2 is 1.67 bits per heavy atom. The molecule has 0 saturated carbocycles. The first kappa shape index (κ1) is 24.1. The van der Waals surface area contributed by atoms with Gasteiger partial charge >= 0.3 is 0 Å². The molecule has 2 heterocycles. The minimum atomic E-state index is -4.05. The van der Waals surface area contributed by atoms with Gasteiger partial charge in [0.25, 0.3) is 15.9 Å². The van der Waals surface area contributed by atoms with Crippen molar-refractivity contribution >= 4 is 56.2 Å². The summed E-state index contributed by atoms with van der Waals surface area (Å²) in [5, 5.41) is 0.472. The van der Waals surface area contributed by atoms with Gasteiger partial charge in [0.05, 0.1) is 16.3 Å². The number of hydrogen-bond acceptors (Lipinski definition) is 5. The Bertz CT molecular complexity index is 1580. The maximum atomic E-state index is 13.2. The van der Waals surface area contributed by atoms with E-state index in [0.29, 0.717) is 33.3 Å². The van der Waals surface area contributed by atoms with E-state index in [1.807, 2.05) is 0 Å². The Hall–Kier alpha value is -3.66. The summed E-state index contributed by atoms with van der Waals surface area (Å²) in [6.07, 6.45) is 1.48. The van der Waals surface area contributed by atoms with Gasteiger partial charge in [-0.25, -0.2) is 17.8 Å². The largest absolute Gasteiger partial charge is 0.482 e. The van der Waals surface area contributed by atoms with Crippen LogP contribution in [0.3, 0.4) is 0 Å². The average molecular weight is 544 g/mol. The summed E-state index contributed by atoms with van der Waals surface area (Å²) < 4.78 is 46.8. The predicted octanol–water partition coefficient (Wildman–Crippen LogP) is 6.05. The van der Waals surface area contributed by atoms with E-state index in [4.69, 9.17) is 27.9 Å². The highest BCUT2D eigenvalue weighted by Gasteiger charge is 2.27. The Morgan fingerprint density at radius 1 is 0.944 bits per heavy atom. The van der Waals surface area contributed by atoms with Crippen LogP contribution in [0.4, 0.5) is 21.5 Å². The van der Waals surface area contributed by atoms with Crippen LogP contribution in [-0.2, 0) is 14.8 Å². The SMILES string of the molecule is O=C1COc2ccc(-c3cnc(Cl)c(NS(=O)(=O)c4ccc(F)cc4)c3)cc2N1c1ccc(Cl)cc1. The van der Waals surface area contributed by atoms with E-state index in [1.54, 1.807) is 42.5 Å². The summed E-state index contributed by atoms with van der Waals surface area (Å²) in [7, 11) is -4.05. The summed E-state index contributed by atoms with van der Waals surface area (Å²) in [5.74, 6) is -0.311. The van der Waals surface area contributed by atoms with Gasteiger partial charge < -0.3 is 4.74 Å². The first-order valence-electron chi connectivity index (χ1n) is 10.5. The number of benzene rings is 3. The molecule has 0 radical (unpaired) electrons. The summed E-state index contributed by atoms with van der Waals surface area (Å²) in [4.78, 5) is 18.2. The van der Waals surface area contributed by atoms with Gasteiger partial charge in [0.15, 0.2) is 11.8 Å². The molecule has 0 unspecified atom stereocenters. The minimum absolute atomic E-state index is 0.0399. The van der Waals surface area contributed by atoms with Gasteiger partial charge in [-0.3, -0.25) is 14.4 Å². The molecule has 0 atom stereocenters. The van der Waals surface area contributed by atoms with Gasteiger partial charge in [-0.05, 0) is 72.3 Å². The number of sulfonamides is 1. The van der Waals surface area contributed by atoms with E-state index in [-0.39, 0.29) is 28.3 Å². The van der Waals surface area contributed by atoms with Crippen molar-refractivity contribution in [3.8, 4) is 16.9 Å². The fourth-order valence-corrected chi connectivity index (χ4v) is 5.09. The number of halogens is 3. The molecule has 0 spiro atoms. The molecule has 36 heavy (non-hydrogen) atoms. The minimum Gasteiger partial charge on any atom is -0.482 e. The fraction of sp³-hybridized carbons (Fsp3) is 0.0400. The first-order chi connectivity index (χ1) is 17.2. The Morgan fingerprint density at radius 3 is 2.39 bits per heavy atom. The van der Waals surface area contributed by atoms with Crippen molar-refractivity contribution in [3.63, 3.8) is 0 Å². The fourth-order valence-electron chi connectivity index (χ4n) is 3.70. The lowest BCUT2D eigenvalue weighted by Gasteiger charge is -2.30. The van der Waals surface area contributed by atoms with E-state index >= 15 is 0 Å². The molecule has 1 aliphatic heterocycles. The van der Waals surface area contributed by atoms with Crippen LogP contribution in [0.1, 0.15) is 0 Å². The van der Waals surface area contributed by atoms with Crippen LogP contribution < -0.4 is 14.4 Å². The van der Waals surface area contributed by atoms with Crippen molar-refractivity contribution < 1.29 is 22.3 Å². The number of fused-ring (bicyclic) bond motifs is 1. The number of rotatable bonds is 5. The standard InChI is InChI=1S/C25H16Cl2FN3O4S/c26-17-2-6-19(7-3-17)31-22-12-15(1-10-23(22)35-14-24(31)32)16-11-21(25(27)29-13-16)30-36(33,34)20-8-4-18(28)5-9-20/h1-13,30H,14H2. The quantitative estimate of drug-likeness (QED) is 0.309. The molecule has 4 aromatic rings. The number of aromatic nitrogens is 1. The van der Waals surface area contributed by atoms with Crippen molar-refractivity contribution in [2.75, 3.05) is 16.2 Å². The molecule has 0 bridgehead atoms. The molecular weight excluding hydrogens is 528 g/mol. The van der Waals surface area contributed by atoms with Crippen molar-refractivity contribution in [3.05, 3.63) is 95.0 Å². The average Bonchev–Trinajstić information content (AvgIpc) is 2.86. The molecule has 3 aromatic carbocycles. The second-order valence-electron chi connectivity index (χ2n) is 7.80. The van der Waals surface area contributed by atoms with Gasteiger partial charge in [-0.1, -0.05) is 29.3 Å². The van der Waals surface area contributed by atoms with Crippen molar-refractivity contribution in [1.29, 1.82) is 0 Å². The van der Waals surface area contributed by atoms with Crippen molar-refractivity contribution in [2.45, 2.75) is 4.90 Å². The smallest absolute Gasteiger partial charge is 0.269 e. The third kappa shape index (κ3) is 4.73. The Balaban J connectivity index is 1.52. The lowest BCUT2D eigenvalue weighted by Crippen LogP contribution is -2.35. The second-order valence-corrected chi connectivity index (χ2v) is 10.3. The van der Waals surface area contributed by atoms with Crippen LogP contribution in [0.5, 0.6) is 5.75 Å². The van der Waals surface area contributed by atoms with E-state index in [1.165, 1.54) is 17.2 Å². The zero-order valence-electron chi connectivity index (χ0n) is 18.3. The van der Waals surface area contributed by atoms with Gasteiger partial charge in [0.1, 0.15) is 11.6 Å². The van der Waals surface area contributed by atoms with Crippen molar-refractivity contribution in [2.24, 2.45) is 0 Å². The normalized spacial score (nSPS) is 13.2. The number of ether oxygens (including phenoxy) is 1. The van der Waals surface area contributed by atoms with Crippen LogP contribution in [0, 0.1) is 5.82 Å². The third-order valence-electron chi connectivity index (χ3n) is 5.43. The Labute approximate surface area is 216 Å². The zero-order chi connectivity index (χ0) is 25.4. The van der Waals surface area contributed by atoms with Crippen LogP contribution in [0.15, 0.2) is 83.9 Å². The molecule has 7 nitrogen and oxygen atoms in total. The number of carbonyl (C=O) groups is 1. The Kier molecular flexibility index (Phi) is 6.29. The highest BCUT2D eigenvalue weighted by molar-refractivity contribution is 7.92. The molecule has 1 aromatic heterocycles. The van der Waals surface area contributed by atoms with Crippen molar-refractivity contribution in [1.82, 2.24) is 4.98 Å². The van der Waals surface area contributed by atoms with Gasteiger partial charge in [-0.2, -0.15) is 0 Å². The van der Waals surface area contributed by atoms with Crippen LogP contribution in [-0.4, -0.2) is 25.9 Å². The third-order valence-corrected chi connectivity index (χ3v) is 7.36. The summed E-state index contributed by atoms with van der Waals surface area (Å²) in [6.45, 7) is -0.118. The second kappa shape index (κ2) is 9.42. The van der Waals surface area contributed by atoms with Crippen LogP contribution >= 0.6 is 23.2 Å². The van der Waals surface area contributed by atoms with E-state index < -0.39 is 15.8 Å².